The van der Waals surface area contributed by atoms with Gasteiger partial charge in [0.25, 0.3) is 0 Å². The monoisotopic (exact) mass is 420 g/mol. The van der Waals surface area contributed by atoms with Crippen molar-refractivity contribution in [2.75, 3.05) is 0 Å². The van der Waals surface area contributed by atoms with Crippen LogP contribution in [0.3, 0.4) is 0 Å². The van der Waals surface area contributed by atoms with E-state index in [1.165, 1.54) is 86.5 Å². The molecule has 2 heteroatoms. The van der Waals surface area contributed by atoms with Crippen molar-refractivity contribution in [2.24, 2.45) is 0 Å². The van der Waals surface area contributed by atoms with Crippen LogP contribution in [0.15, 0.2) is 24.3 Å². The minimum Gasteiger partial charge on any atom is -0.508 e. The second kappa shape index (κ2) is 8.52. The Labute approximate surface area is 188 Å². The van der Waals surface area contributed by atoms with Crippen molar-refractivity contribution in [3.63, 3.8) is 0 Å². The fourth-order valence-electron chi connectivity index (χ4n) is 6.50. The maximum atomic E-state index is 10.9. The van der Waals surface area contributed by atoms with Gasteiger partial charge >= 0.3 is 0 Å². The van der Waals surface area contributed by atoms with E-state index < -0.39 is 0 Å². The first-order valence-corrected chi connectivity index (χ1v) is 12.4. The van der Waals surface area contributed by atoms with Gasteiger partial charge < -0.3 is 10.2 Å². The molecule has 2 fully saturated rings. The van der Waals surface area contributed by atoms with E-state index in [4.69, 9.17) is 0 Å². The zero-order valence-corrected chi connectivity index (χ0v) is 20.0. The number of phenols is 2. The summed E-state index contributed by atoms with van der Waals surface area (Å²) in [6.45, 7) is 9.06. The van der Waals surface area contributed by atoms with E-state index in [9.17, 15) is 10.2 Å². The van der Waals surface area contributed by atoms with Crippen molar-refractivity contribution in [1.82, 2.24) is 0 Å². The van der Waals surface area contributed by atoms with E-state index in [1.54, 1.807) is 0 Å². The lowest BCUT2D eigenvalue weighted by atomic mass is 9.69. The van der Waals surface area contributed by atoms with Gasteiger partial charge in [0.05, 0.1) is 0 Å². The fourth-order valence-corrected chi connectivity index (χ4v) is 6.50. The first-order chi connectivity index (χ1) is 14.7. The average Bonchev–Trinajstić information content (AvgIpc) is 2.73. The summed E-state index contributed by atoms with van der Waals surface area (Å²) in [7, 11) is 0. The van der Waals surface area contributed by atoms with Gasteiger partial charge in [-0.3, -0.25) is 0 Å². The molecule has 0 bridgehead atoms. The Morgan fingerprint density at radius 1 is 0.613 bits per heavy atom. The van der Waals surface area contributed by atoms with Crippen LogP contribution in [0, 0.1) is 13.8 Å². The van der Waals surface area contributed by atoms with E-state index in [0.717, 1.165) is 11.1 Å². The van der Waals surface area contributed by atoms with E-state index in [2.05, 4.69) is 39.8 Å². The highest BCUT2D eigenvalue weighted by molar-refractivity contribution is 5.51. The van der Waals surface area contributed by atoms with Crippen LogP contribution in [0.2, 0.25) is 0 Å². The van der Waals surface area contributed by atoms with Crippen molar-refractivity contribution in [1.29, 1.82) is 0 Å². The third-order valence-corrected chi connectivity index (χ3v) is 8.45. The number of benzene rings is 2. The highest BCUT2D eigenvalue weighted by Gasteiger charge is 2.32. The van der Waals surface area contributed by atoms with Gasteiger partial charge in [-0.15, -0.1) is 0 Å². The Hall–Kier alpha value is -1.96. The highest BCUT2D eigenvalue weighted by Crippen LogP contribution is 2.44. The molecule has 2 nitrogen and oxygen atoms in total. The van der Waals surface area contributed by atoms with Crippen molar-refractivity contribution < 1.29 is 10.2 Å². The van der Waals surface area contributed by atoms with Gasteiger partial charge in [0.1, 0.15) is 11.5 Å². The molecule has 2 aromatic rings. The summed E-state index contributed by atoms with van der Waals surface area (Å²) in [5.74, 6) is 0.737. The van der Waals surface area contributed by atoms with Crippen molar-refractivity contribution >= 4 is 0 Å². The average molecular weight is 421 g/mol. The zero-order chi connectivity index (χ0) is 22.2. The van der Waals surface area contributed by atoms with Crippen molar-refractivity contribution in [2.45, 2.75) is 109 Å². The molecule has 0 radical (unpaired) electrons. The summed E-state index contributed by atoms with van der Waals surface area (Å²) in [4.78, 5) is 0. The lowest BCUT2D eigenvalue weighted by Gasteiger charge is -2.36. The standard InChI is InChI=1S/C29H40O2/c1-20-15-22(26(30)18-24(20)28(3)11-7-5-8-12-28)17-23-16-21(2)25(19-27(23)31)29(4)13-9-6-10-14-29/h15-16,18-19,30-31H,5-14,17H2,1-4H3. The quantitative estimate of drug-likeness (QED) is 0.531. The van der Waals surface area contributed by atoms with E-state index in [-0.39, 0.29) is 10.8 Å². The largest absolute Gasteiger partial charge is 0.508 e. The molecule has 0 aliphatic heterocycles. The molecule has 4 rings (SSSR count). The Kier molecular flexibility index (Phi) is 6.12. The van der Waals surface area contributed by atoms with Gasteiger partial charge in [0, 0.05) is 6.42 Å². The summed E-state index contributed by atoms with van der Waals surface area (Å²) in [5, 5.41) is 21.8. The first-order valence-electron chi connectivity index (χ1n) is 12.4. The molecule has 0 heterocycles. The number of hydrogen-bond donors (Lipinski definition) is 2. The Bertz CT molecular complexity index is 866. The van der Waals surface area contributed by atoms with E-state index in [0.29, 0.717) is 17.9 Å². The van der Waals surface area contributed by atoms with E-state index in [1.807, 2.05) is 12.1 Å². The van der Waals surface area contributed by atoms with Gasteiger partial charge in [-0.05, 0) is 95.9 Å². The first kappa shape index (κ1) is 22.2. The van der Waals surface area contributed by atoms with Gasteiger partial charge in [0.2, 0.25) is 0 Å². The predicted octanol–water partition coefficient (Wildman–Crippen LogP) is 7.75. The lowest BCUT2D eigenvalue weighted by molar-refractivity contribution is 0.317. The van der Waals surface area contributed by atoms with Crippen LogP contribution in [-0.4, -0.2) is 10.2 Å². The third kappa shape index (κ3) is 4.36. The van der Waals surface area contributed by atoms with Crippen LogP contribution in [0.4, 0.5) is 0 Å². The molecule has 31 heavy (non-hydrogen) atoms. The summed E-state index contributed by atoms with van der Waals surface area (Å²) in [6, 6.07) is 8.32. The SMILES string of the molecule is Cc1cc(Cc2cc(C)c(C3(C)CCCCC3)cc2O)c(O)cc1C1(C)CCCCC1. The van der Waals surface area contributed by atoms with E-state index >= 15 is 0 Å². The number of aryl methyl sites for hydroxylation is 2. The van der Waals surface area contributed by atoms with Crippen LogP contribution in [0.25, 0.3) is 0 Å². The van der Waals surface area contributed by atoms with Gasteiger partial charge in [-0.2, -0.15) is 0 Å². The molecule has 0 aromatic heterocycles. The molecule has 2 N–H and O–H groups in total. The molecule has 0 spiro atoms. The maximum Gasteiger partial charge on any atom is 0.119 e. The zero-order valence-electron chi connectivity index (χ0n) is 20.0. The Morgan fingerprint density at radius 2 is 0.968 bits per heavy atom. The molecule has 0 unspecified atom stereocenters. The molecular formula is C29H40O2. The molecule has 0 atom stereocenters. The lowest BCUT2D eigenvalue weighted by Crippen LogP contribution is -2.26. The van der Waals surface area contributed by atoms with Gasteiger partial charge in [0.15, 0.2) is 0 Å². The number of rotatable bonds is 4. The summed E-state index contributed by atoms with van der Waals surface area (Å²) < 4.78 is 0. The molecule has 168 valence electrons. The molecule has 0 amide bonds. The molecule has 2 aliphatic carbocycles. The second-order valence-electron chi connectivity index (χ2n) is 11.0. The third-order valence-electron chi connectivity index (χ3n) is 8.45. The van der Waals surface area contributed by atoms with Crippen LogP contribution >= 0.6 is 0 Å². The minimum atomic E-state index is 0.175. The fraction of sp³-hybridized carbons (Fsp3) is 0.586. The second-order valence-corrected chi connectivity index (χ2v) is 11.0. The number of hydrogen-bond acceptors (Lipinski definition) is 2. The molecule has 2 aliphatic rings. The Morgan fingerprint density at radius 3 is 1.32 bits per heavy atom. The van der Waals surface area contributed by atoms with Gasteiger partial charge in [-0.1, -0.05) is 64.5 Å². The van der Waals surface area contributed by atoms with Crippen LogP contribution < -0.4 is 0 Å². The van der Waals surface area contributed by atoms with Crippen LogP contribution in [0.1, 0.15) is 111 Å². The number of aromatic hydroxyl groups is 2. The highest BCUT2D eigenvalue weighted by atomic mass is 16.3. The summed E-state index contributed by atoms with van der Waals surface area (Å²) in [5.41, 5.74) is 7.30. The molecule has 2 aromatic carbocycles. The normalized spacial score (nSPS) is 20.5. The smallest absolute Gasteiger partial charge is 0.119 e. The minimum absolute atomic E-state index is 0.175. The predicted molar refractivity (Wildman–Crippen MR) is 129 cm³/mol. The van der Waals surface area contributed by atoms with Crippen LogP contribution in [-0.2, 0) is 17.3 Å². The maximum absolute atomic E-state index is 10.9. The molecule has 2 saturated carbocycles. The van der Waals surface area contributed by atoms with Gasteiger partial charge in [-0.25, -0.2) is 0 Å². The Balaban J connectivity index is 1.62. The molecule has 0 saturated heterocycles. The summed E-state index contributed by atoms with van der Waals surface area (Å²) >= 11 is 0. The summed E-state index contributed by atoms with van der Waals surface area (Å²) in [6.07, 6.45) is 13.1. The molecular weight excluding hydrogens is 380 g/mol. The van der Waals surface area contributed by atoms with Crippen molar-refractivity contribution in [3.8, 4) is 11.5 Å². The van der Waals surface area contributed by atoms with Crippen molar-refractivity contribution in [3.05, 3.63) is 57.6 Å². The van der Waals surface area contributed by atoms with Crippen LogP contribution in [0.5, 0.6) is 11.5 Å². The topological polar surface area (TPSA) is 40.5 Å². The number of phenolic OH excluding ortho intramolecular Hbond substituents is 2.